The van der Waals surface area contributed by atoms with Crippen LogP contribution in [0.3, 0.4) is 0 Å². The highest BCUT2D eigenvalue weighted by atomic mass is 32.1. The molecular formula is C15H15N3OS. The number of hydrogen-bond donors (Lipinski definition) is 0. The lowest BCUT2D eigenvalue weighted by Crippen LogP contribution is -2.27. The lowest BCUT2D eigenvalue weighted by molar-refractivity contribution is -0.129. The molecule has 0 aliphatic rings. The highest BCUT2D eigenvalue weighted by molar-refractivity contribution is 7.15. The highest BCUT2D eigenvalue weighted by Gasteiger charge is 2.12. The SMILES string of the molecule is CN(Cc1ccccc1)C(=O)Cc1cn2ccsc2n1. The fraction of sp³-hybridized carbons (Fsp3) is 0.200. The van der Waals surface area contributed by atoms with Crippen molar-refractivity contribution in [3.05, 3.63) is 59.4 Å². The molecule has 5 heteroatoms. The van der Waals surface area contributed by atoms with Gasteiger partial charge < -0.3 is 4.90 Å². The van der Waals surface area contributed by atoms with Gasteiger partial charge >= 0.3 is 0 Å². The van der Waals surface area contributed by atoms with E-state index < -0.39 is 0 Å². The molecule has 3 aromatic rings. The van der Waals surface area contributed by atoms with Crippen LogP contribution >= 0.6 is 11.3 Å². The van der Waals surface area contributed by atoms with Crippen LogP contribution in [-0.2, 0) is 17.8 Å². The molecule has 0 saturated heterocycles. The zero-order valence-corrected chi connectivity index (χ0v) is 12.0. The van der Waals surface area contributed by atoms with E-state index in [1.807, 2.05) is 59.6 Å². The number of rotatable bonds is 4. The van der Waals surface area contributed by atoms with Gasteiger partial charge in [0.2, 0.25) is 5.91 Å². The lowest BCUT2D eigenvalue weighted by atomic mass is 10.2. The summed E-state index contributed by atoms with van der Waals surface area (Å²) in [5.74, 6) is 0.0830. The summed E-state index contributed by atoms with van der Waals surface area (Å²) in [6.45, 7) is 0.627. The maximum Gasteiger partial charge on any atom is 0.228 e. The predicted molar refractivity (Wildman–Crippen MR) is 79.7 cm³/mol. The number of fused-ring (bicyclic) bond motifs is 1. The predicted octanol–water partition coefficient (Wildman–Crippen LogP) is 2.60. The molecule has 102 valence electrons. The lowest BCUT2D eigenvalue weighted by Gasteiger charge is -2.16. The Morgan fingerprint density at radius 3 is 2.90 bits per heavy atom. The first-order valence-electron chi connectivity index (χ1n) is 6.41. The standard InChI is InChI=1S/C15H15N3OS/c1-17(10-12-5-3-2-4-6-12)14(19)9-13-11-18-7-8-20-15(18)16-13/h2-8,11H,9-10H2,1H3. The molecule has 2 aromatic heterocycles. The van der Waals surface area contributed by atoms with Crippen molar-refractivity contribution in [2.24, 2.45) is 0 Å². The van der Waals surface area contributed by atoms with Crippen LogP contribution in [0.15, 0.2) is 48.1 Å². The minimum absolute atomic E-state index is 0.0830. The van der Waals surface area contributed by atoms with E-state index in [0.29, 0.717) is 13.0 Å². The number of hydrogen-bond acceptors (Lipinski definition) is 3. The van der Waals surface area contributed by atoms with Gasteiger partial charge in [0.15, 0.2) is 4.96 Å². The third-order valence-corrected chi connectivity index (χ3v) is 3.93. The summed E-state index contributed by atoms with van der Waals surface area (Å²) < 4.78 is 1.95. The number of likely N-dealkylation sites (N-methyl/N-ethyl adjacent to an activating group) is 1. The monoisotopic (exact) mass is 285 g/mol. The number of imidazole rings is 1. The summed E-state index contributed by atoms with van der Waals surface area (Å²) in [6.07, 6.45) is 4.21. The van der Waals surface area contributed by atoms with E-state index in [9.17, 15) is 4.79 Å². The fourth-order valence-electron chi connectivity index (χ4n) is 2.10. The maximum absolute atomic E-state index is 12.2. The molecule has 0 atom stereocenters. The van der Waals surface area contributed by atoms with Crippen molar-refractivity contribution in [3.63, 3.8) is 0 Å². The number of carbonyl (C=O) groups excluding carboxylic acids is 1. The van der Waals surface area contributed by atoms with Gasteiger partial charge in [-0.3, -0.25) is 9.20 Å². The van der Waals surface area contributed by atoms with Gasteiger partial charge in [0.05, 0.1) is 12.1 Å². The third kappa shape index (κ3) is 2.72. The van der Waals surface area contributed by atoms with Crippen LogP contribution in [0.2, 0.25) is 0 Å². The Bertz CT molecular complexity index is 688. The molecule has 4 nitrogen and oxygen atoms in total. The van der Waals surface area contributed by atoms with Crippen molar-refractivity contribution >= 4 is 22.2 Å². The van der Waals surface area contributed by atoms with Gasteiger partial charge in [0, 0.05) is 31.4 Å². The molecule has 0 unspecified atom stereocenters. The average Bonchev–Trinajstić information content (AvgIpc) is 3.00. The molecule has 1 aromatic carbocycles. The molecule has 20 heavy (non-hydrogen) atoms. The molecule has 1 amide bonds. The van der Waals surface area contributed by atoms with Gasteiger partial charge in [0.25, 0.3) is 0 Å². The summed E-state index contributed by atoms with van der Waals surface area (Å²) in [7, 11) is 1.83. The van der Waals surface area contributed by atoms with E-state index >= 15 is 0 Å². The minimum Gasteiger partial charge on any atom is -0.341 e. The second-order valence-corrected chi connectivity index (χ2v) is 5.61. The molecule has 2 heterocycles. The Morgan fingerprint density at radius 2 is 2.15 bits per heavy atom. The number of thiazole rings is 1. The van der Waals surface area contributed by atoms with Crippen LogP contribution in [0.5, 0.6) is 0 Å². The Balaban J connectivity index is 1.65. The first-order valence-corrected chi connectivity index (χ1v) is 7.29. The van der Waals surface area contributed by atoms with Gasteiger partial charge in [0.1, 0.15) is 0 Å². The van der Waals surface area contributed by atoms with Crippen LogP contribution in [-0.4, -0.2) is 27.2 Å². The van der Waals surface area contributed by atoms with Crippen molar-refractivity contribution in [3.8, 4) is 0 Å². The molecule has 0 fully saturated rings. The summed E-state index contributed by atoms with van der Waals surface area (Å²) >= 11 is 1.57. The summed E-state index contributed by atoms with van der Waals surface area (Å²) in [6, 6.07) is 9.99. The van der Waals surface area contributed by atoms with E-state index in [4.69, 9.17) is 0 Å². The molecule has 0 aliphatic heterocycles. The number of aromatic nitrogens is 2. The molecule has 0 bridgehead atoms. The Hall–Kier alpha value is -2.14. The smallest absolute Gasteiger partial charge is 0.228 e. The summed E-state index contributed by atoms with van der Waals surface area (Å²) in [5.41, 5.74) is 1.95. The number of nitrogens with zero attached hydrogens (tertiary/aromatic N) is 3. The van der Waals surface area contributed by atoms with Crippen molar-refractivity contribution in [2.75, 3.05) is 7.05 Å². The zero-order valence-electron chi connectivity index (χ0n) is 11.2. The average molecular weight is 285 g/mol. The second kappa shape index (κ2) is 5.46. The molecule has 0 radical (unpaired) electrons. The molecule has 0 spiro atoms. The number of amides is 1. The van der Waals surface area contributed by atoms with E-state index in [1.165, 1.54) is 0 Å². The van der Waals surface area contributed by atoms with Gasteiger partial charge in [-0.15, -0.1) is 11.3 Å². The van der Waals surface area contributed by atoms with Crippen molar-refractivity contribution in [2.45, 2.75) is 13.0 Å². The third-order valence-electron chi connectivity index (χ3n) is 3.16. The highest BCUT2D eigenvalue weighted by Crippen LogP contribution is 2.12. The summed E-state index contributed by atoms with van der Waals surface area (Å²) in [5, 5.41) is 1.98. The van der Waals surface area contributed by atoms with Crippen molar-refractivity contribution in [1.29, 1.82) is 0 Å². The molecule has 0 aliphatic carbocycles. The van der Waals surface area contributed by atoms with Crippen LogP contribution < -0.4 is 0 Å². The van der Waals surface area contributed by atoms with Crippen LogP contribution in [0, 0.1) is 0 Å². The number of benzene rings is 1. The maximum atomic E-state index is 12.2. The first-order chi connectivity index (χ1) is 9.72. The van der Waals surface area contributed by atoms with Gasteiger partial charge in [-0.05, 0) is 5.56 Å². The second-order valence-electron chi connectivity index (χ2n) is 4.74. The molecule has 0 N–H and O–H groups in total. The first kappa shape index (κ1) is 12.9. The van der Waals surface area contributed by atoms with Gasteiger partial charge in [-0.2, -0.15) is 0 Å². The largest absolute Gasteiger partial charge is 0.341 e. The topological polar surface area (TPSA) is 37.6 Å². The molecule has 3 rings (SSSR count). The minimum atomic E-state index is 0.0830. The van der Waals surface area contributed by atoms with Gasteiger partial charge in [-0.1, -0.05) is 30.3 Å². The quantitative estimate of drug-likeness (QED) is 0.739. The van der Waals surface area contributed by atoms with E-state index in [0.717, 1.165) is 16.2 Å². The van der Waals surface area contributed by atoms with E-state index in [-0.39, 0.29) is 5.91 Å². The van der Waals surface area contributed by atoms with Crippen LogP contribution in [0.1, 0.15) is 11.3 Å². The van der Waals surface area contributed by atoms with Crippen LogP contribution in [0.25, 0.3) is 4.96 Å². The van der Waals surface area contributed by atoms with Crippen molar-refractivity contribution in [1.82, 2.24) is 14.3 Å². The zero-order chi connectivity index (χ0) is 13.9. The molecular weight excluding hydrogens is 270 g/mol. The molecule has 0 saturated carbocycles. The fourth-order valence-corrected chi connectivity index (χ4v) is 2.82. The van der Waals surface area contributed by atoms with Gasteiger partial charge in [-0.25, -0.2) is 4.98 Å². The Labute approximate surface area is 121 Å². The Kier molecular flexibility index (Phi) is 3.52. The van der Waals surface area contributed by atoms with Crippen LogP contribution in [0.4, 0.5) is 0 Å². The normalized spacial score (nSPS) is 10.8. The van der Waals surface area contributed by atoms with Crippen molar-refractivity contribution < 1.29 is 4.79 Å². The Morgan fingerprint density at radius 1 is 1.35 bits per heavy atom. The number of carbonyl (C=O) groups is 1. The van der Waals surface area contributed by atoms with E-state index in [1.54, 1.807) is 16.2 Å². The summed E-state index contributed by atoms with van der Waals surface area (Å²) in [4.78, 5) is 19.3. The van der Waals surface area contributed by atoms with E-state index in [2.05, 4.69) is 4.98 Å².